The summed E-state index contributed by atoms with van der Waals surface area (Å²) in [6.45, 7) is 0. The van der Waals surface area contributed by atoms with Crippen molar-refractivity contribution in [3.05, 3.63) is 30.3 Å². The summed E-state index contributed by atoms with van der Waals surface area (Å²) in [7, 11) is 0. The van der Waals surface area contributed by atoms with E-state index in [1.165, 1.54) is 0 Å². The average Bonchev–Trinajstić information content (AvgIpc) is 1.54. The Bertz CT molecular complexity index is 113. The van der Waals surface area contributed by atoms with Crippen LogP contribution < -0.4 is 0 Å². The third kappa shape index (κ3) is 789. The van der Waals surface area contributed by atoms with Crippen molar-refractivity contribution in [2.24, 2.45) is 0 Å². The van der Waals surface area contributed by atoms with Crippen LogP contribution in [0.2, 0.25) is 0 Å². The van der Waals surface area contributed by atoms with Gasteiger partial charge in [0.15, 0.2) is 0 Å². The second-order valence-electron chi connectivity index (χ2n) is 0.714. The molecule has 0 bridgehead atoms. The third-order valence-corrected chi connectivity index (χ3v) is 0. The summed E-state index contributed by atoms with van der Waals surface area (Å²) in [5.41, 5.74) is 0. The van der Waals surface area contributed by atoms with Crippen LogP contribution in [0.1, 0.15) is 0 Å². The molecule has 0 spiro atoms. The topological polar surface area (TPSA) is 222 Å². The summed E-state index contributed by atoms with van der Waals surface area (Å²) in [5.74, 6) is 0. The molecule has 0 aromatic heterocycles. The SMILES string of the molecule is O.O=[N+]([O-])O.O=[N+]([O-])O.O=[N+]([O-])O.[Tb+3]. The molecule has 0 atom stereocenters. The number of hydrogen-bond acceptors (Lipinski definition) is 6. The van der Waals surface area contributed by atoms with Crippen molar-refractivity contribution in [3.63, 3.8) is 0 Å². The summed E-state index contributed by atoms with van der Waals surface area (Å²) in [4.78, 5) is 25.1. The number of rotatable bonds is 0. The smallest absolute Gasteiger partial charge is 0.412 e. The minimum Gasteiger partial charge on any atom is -0.412 e. The van der Waals surface area contributed by atoms with E-state index in [1.807, 2.05) is 0 Å². The van der Waals surface area contributed by atoms with Gasteiger partial charge in [-0.1, -0.05) is 0 Å². The van der Waals surface area contributed by atoms with Crippen LogP contribution in [0.3, 0.4) is 0 Å². The molecule has 0 radical (unpaired) electrons. The molecule has 0 saturated carbocycles. The van der Waals surface area contributed by atoms with Gasteiger partial charge in [0.2, 0.25) is 0 Å². The average molecular weight is 366 g/mol. The summed E-state index contributed by atoms with van der Waals surface area (Å²) in [6.07, 6.45) is 0. The molecular formula is H5N3O10Tb+3. The van der Waals surface area contributed by atoms with Crippen LogP contribution >= 0.6 is 0 Å². The Morgan fingerprint density at radius 1 is 0.714 bits per heavy atom. The normalized spacial score (nSPS) is 5.14. The molecule has 14 heteroatoms. The van der Waals surface area contributed by atoms with E-state index in [0.717, 1.165) is 0 Å². The minimum absolute atomic E-state index is 0. The van der Waals surface area contributed by atoms with E-state index >= 15 is 0 Å². The van der Waals surface area contributed by atoms with Crippen molar-refractivity contribution in [2.75, 3.05) is 0 Å². The predicted molar refractivity (Wildman–Crippen MR) is 30.0 cm³/mol. The largest absolute Gasteiger partial charge is 3.00 e. The van der Waals surface area contributed by atoms with Gasteiger partial charge in [-0.25, -0.2) is 0 Å². The zero-order chi connectivity index (χ0) is 10.7. The van der Waals surface area contributed by atoms with Crippen molar-refractivity contribution in [3.8, 4) is 0 Å². The van der Waals surface area contributed by atoms with E-state index in [4.69, 9.17) is 46.0 Å². The second-order valence-corrected chi connectivity index (χ2v) is 0.714. The second kappa shape index (κ2) is 22.6. The van der Waals surface area contributed by atoms with Gasteiger partial charge in [0.25, 0.3) is 15.3 Å². The van der Waals surface area contributed by atoms with Gasteiger partial charge in [-0.2, -0.15) is 0 Å². The maximum Gasteiger partial charge on any atom is 3.00 e. The molecule has 13 nitrogen and oxygen atoms in total. The zero-order valence-corrected chi connectivity index (χ0v) is 8.10. The first-order valence-corrected chi connectivity index (χ1v) is 1.70. The Morgan fingerprint density at radius 2 is 0.714 bits per heavy atom. The zero-order valence-electron chi connectivity index (χ0n) is 5.97. The van der Waals surface area contributed by atoms with E-state index < -0.39 is 15.3 Å². The number of hydrogen-bond donors (Lipinski definition) is 3. The number of nitrogens with zero attached hydrogens (tertiary/aromatic N) is 3. The van der Waals surface area contributed by atoms with E-state index in [2.05, 4.69) is 0 Å². The monoisotopic (exact) mass is 366 g/mol. The predicted octanol–water partition coefficient (Wildman–Crippen LogP) is -1.87. The fourth-order valence-corrected chi connectivity index (χ4v) is 0. The molecule has 0 fully saturated rings. The first-order valence-electron chi connectivity index (χ1n) is 1.70. The molecule has 0 aromatic carbocycles. The first-order chi connectivity index (χ1) is 5.20. The van der Waals surface area contributed by atoms with Crippen molar-refractivity contribution in [1.29, 1.82) is 0 Å². The standard InChI is InChI=1S/3HNO3.H2O.Tb/c3*2-1(3)4;;/h3*(H,2,3,4);1H2;/q;;;;+3. The van der Waals surface area contributed by atoms with Gasteiger partial charge >= 0.3 is 38.6 Å². The molecular weight excluding hydrogens is 361 g/mol. The van der Waals surface area contributed by atoms with E-state index in [1.54, 1.807) is 0 Å². The quantitative estimate of drug-likeness (QED) is 0.322. The maximum atomic E-state index is 8.36. The van der Waals surface area contributed by atoms with Crippen LogP contribution in [-0.4, -0.2) is 36.4 Å². The van der Waals surface area contributed by atoms with Crippen molar-refractivity contribution in [1.82, 2.24) is 0 Å². The molecule has 0 aromatic rings. The van der Waals surface area contributed by atoms with E-state index in [0.29, 0.717) is 0 Å². The van der Waals surface area contributed by atoms with Crippen LogP contribution in [0.25, 0.3) is 0 Å². The summed E-state index contributed by atoms with van der Waals surface area (Å²) < 4.78 is 0. The first kappa shape index (κ1) is 29.3. The summed E-state index contributed by atoms with van der Waals surface area (Å²) in [5, 5.41) is 40.9. The molecule has 0 heterocycles. The van der Waals surface area contributed by atoms with Gasteiger partial charge in [-0.15, -0.1) is 30.3 Å². The van der Waals surface area contributed by atoms with Crippen LogP contribution in [-0.2, 0) is 0 Å². The van der Waals surface area contributed by atoms with Gasteiger partial charge in [0.1, 0.15) is 0 Å². The minimum atomic E-state index is -1.50. The van der Waals surface area contributed by atoms with E-state index in [-0.39, 0.29) is 44.1 Å². The fraction of sp³-hybridized carbons (Fsp3) is 0. The van der Waals surface area contributed by atoms with Crippen LogP contribution in [0.4, 0.5) is 0 Å². The Kier molecular flexibility index (Phi) is 47.3. The molecule has 86 valence electrons. The van der Waals surface area contributed by atoms with Crippen molar-refractivity contribution in [2.45, 2.75) is 0 Å². The van der Waals surface area contributed by atoms with Gasteiger partial charge in [-0.3, -0.25) is 0 Å². The fourth-order valence-electron chi connectivity index (χ4n) is 0. The molecule has 5 N–H and O–H groups in total. The molecule has 0 saturated heterocycles. The van der Waals surface area contributed by atoms with Crippen molar-refractivity contribution < 1.29 is 75.0 Å². The maximum absolute atomic E-state index is 8.36. The summed E-state index contributed by atoms with van der Waals surface area (Å²) >= 11 is 0. The molecule has 0 aliphatic rings. The van der Waals surface area contributed by atoms with Gasteiger partial charge in [0, 0.05) is 0 Å². The molecule has 0 aliphatic heterocycles. The Morgan fingerprint density at radius 3 is 0.714 bits per heavy atom. The van der Waals surface area contributed by atoms with Crippen LogP contribution in [0, 0.1) is 69.0 Å². The molecule has 0 unspecified atom stereocenters. The molecule has 0 rings (SSSR count). The Hall–Kier alpha value is -1.15. The van der Waals surface area contributed by atoms with Gasteiger partial charge in [0.05, 0.1) is 0 Å². The molecule has 0 amide bonds. The molecule has 0 aliphatic carbocycles. The van der Waals surface area contributed by atoms with E-state index in [9.17, 15) is 0 Å². The van der Waals surface area contributed by atoms with Crippen LogP contribution in [0.15, 0.2) is 0 Å². The molecule has 14 heavy (non-hydrogen) atoms. The third-order valence-electron chi connectivity index (χ3n) is 0. The van der Waals surface area contributed by atoms with Crippen LogP contribution in [0.5, 0.6) is 0 Å². The van der Waals surface area contributed by atoms with Gasteiger partial charge < -0.3 is 21.1 Å². The summed E-state index contributed by atoms with van der Waals surface area (Å²) in [6, 6.07) is 0. The van der Waals surface area contributed by atoms with Gasteiger partial charge in [-0.05, 0) is 0 Å². The van der Waals surface area contributed by atoms with Crippen molar-refractivity contribution >= 4 is 0 Å². The Balaban J connectivity index is -0.0000000270. The Labute approximate surface area is 105 Å².